The third-order valence-electron chi connectivity index (χ3n) is 1.33. The Kier molecular flexibility index (Phi) is 3.34. The van der Waals surface area contributed by atoms with Crippen LogP contribution in [0.25, 0.3) is 0 Å². The summed E-state index contributed by atoms with van der Waals surface area (Å²) in [6.07, 6.45) is 7.83. The van der Waals surface area contributed by atoms with E-state index in [4.69, 9.17) is 6.42 Å². The van der Waals surface area contributed by atoms with Crippen molar-refractivity contribution >= 4 is 0 Å². The third kappa shape index (κ3) is 4.05. The van der Waals surface area contributed by atoms with E-state index in [-0.39, 0.29) is 0 Å². The summed E-state index contributed by atoms with van der Waals surface area (Å²) >= 11 is 0. The molecule has 0 bridgehead atoms. The normalized spacial score (nSPS) is 16.2. The second-order valence-electron chi connectivity index (χ2n) is 2.52. The smallest absolute Gasteiger partial charge is 0.122 e. The van der Waals surface area contributed by atoms with E-state index in [0.717, 1.165) is 12.8 Å². The first-order valence-corrected chi connectivity index (χ1v) is 3.32. The molecular formula is C8H14O. The van der Waals surface area contributed by atoms with Crippen molar-refractivity contribution in [3.05, 3.63) is 0 Å². The minimum atomic E-state index is -0.879. The van der Waals surface area contributed by atoms with Crippen LogP contribution in [0, 0.1) is 12.3 Å². The van der Waals surface area contributed by atoms with E-state index in [1.54, 1.807) is 6.92 Å². The lowest BCUT2D eigenvalue weighted by Gasteiger charge is -2.14. The predicted molar refractivity (Wildman–Crippen MR) is 39.0 cm³/mol. The van der Waals surface area contributed by atoms with Gasteiger partial charge < -0.3 is 5.11 Å². The minimum Gasteiger partial charge on any atom is -0.378 e. The van der Waals surface area contributed by atoms with Gasteiger partial charge in [0.15, 0.2) is 0 Å². The zero-order valence-electron chi connectivity index (χ0n) is 6.15. The van der Waals surface area contributed by atoms with Gasteiger partial charge in [0.25, 0.3) is 0 Å². The number of aliphatic hydroxyl groups is 1. The molecule has 0 spiro atoms. The summed E-state index contributed by atoms with van der Waals surface area (Å²) in [7, 11) is 0. The van der Waals surface area contributed by atoms with Crippen molar-refractivity contribution in [2.24, 2.45) is 0 Å². The monoisotopic (exact) mass is 126 g/mol. The molecule has 0 aliphatic carbocycles. The predicted octanol–water partition coefficient (Wildman–Crippen LogP) is 1.56. The van der Waals surface area contributed by atoms with Crippen LogP contribution in [0.15, 0.2) is 0 Å². The van der Waals surface area contributed by atoms with Gasteiger partial charge in [0.2, 0.25) is 0 Å². The molecule has 1 atom stereocenters. The van der Waals surface area contributed by atoms with Gasteiger partial charge in [-0.1, -0.05) is 19.3 Å². The van der Waals surface area contributed by atoms with E-state index in [1.165, 1.54) is 0 Å². The van der Waals surface area contributed by atoms with Gasteiger partial charge in [-0.05, 0) is 19.8 Å². The maximum Gasteiger partial charge on any atom is 0.122 e. The van der Waals surface area contributed by atoms with E-state index >= 15 is 0 Å². The van der Waals surface area contributed by atoms with E-state index in [0.29, 0.717) is 6.42 Å². The lowest BCUT2D eigenvalue weighted by Crippen LogP contribution is -2.20. The fourth-order valence-electron chi connectivity index (χ4n) is 0.593. The fourth-order valence-corrected chi connectivity index (χ4v) is 0.593. The Morgan fingerprint density at radius 2 is 2.22 bits per heavy atom. The molecule has 0 amide bonds. The van der Waals surface area contributed by atoms with Crippen LogP contribution < -0.4 is 0 Å². The molecule has 0 aromatic heterocycles. The number of terminal acetylenes is 1. The Balaban J connectivity index is 3.49. The van der Waals surface area contributed by atoms with E-state index in [9.17, 15) is 5.11 Å². The van der Waals surface area contributed by atoms with Gasteiger partial charge in [0, 0.05) is 0 Å². The number of hydrogen-bond donors (Lipinski definition) is 1. The van der Waals surface area contributed by atoms with Crippen LogP contribution in [0.1, 0.15) is 33.1 Å². The van der Waals surface area contributed by atoms with Gasteiger partial charge in [-0.2, -0.15) is 0 Å². The second-order valence-corrected chi connectivity index (χ2v) is 2.52. The zero-order chi connectivity index (χ0) is 7.33. The first-order valence-electron chi connectivity index (χ1n) is 3.32. The van der Waals surface area contributed by atoms with Crippen LogP contribution in [-0.2, 0) is 0 Å². The third-order valence-corrected chi connectivity index (χ3v) is 1.33. The van der Waals surface area contributed by atoms with Gasteiger partial charge in [-0.15, -0.1) is 6.42 Å². The highest BCUT2D eigenvalue weighted by molar-refractivity contribution is 5.03. The van der Waals surface area contributed by atoms with Crippen LogP contribution >= 0.6 is 0 Å². The molecule has 0 unspecified atom stereocenters. The molecule has 0 saturated heterocycles. The first kappa shape index (κ1) is 8.52. The summed E-state index contributed by atoms with van der Waals surface area (Å²) in [5.41, 5.74) is -0.879. The van der Waals surface area contributed by atoms with Gasteiger partial charge in [0.1, 0.15) is 5.60 Å². The lowest BCUT2D eigenvalue weighted by atomic mass is 10.0. The Morgan fingerprint density at radius 3 is 2.56 bits per heavy atom. The molecule has 52 valence electrons. The summed E-state index contributed by atoms with van der Waals surface area (Å²) < 4.78 is 0. The zero-order valence-corrected chi connectivity index (χ0v) is 6.15. The van der Waals surface area contributed by atoms with Crippen molar-refractivity contribution in [3.63, 3.8) is 0 Å². The van der Waals surface area contributed by atoms with Crippen molar-refractivity contribution in [2.45, 2.75) is 38.7 Å². The van der Waals surface area contributed by atoms with Crippen molar-refractivity contribution in [2.75, 3.05) is 0 Å². The Bertz CT molecular complexity index is 108. The molecule has 0 fully saturated rings. The quantitative estimate of drug-likeness (QED) is 0.569. The molecule has 1 heteroatoms. The summed E-state index contributed by atoms with van der Waals surface area (Å²) in [4.78, 5) is 0. The summed E-state index contributed by atoms with van der Waals surface area (Å²) in [5, 5.41) is 9.22. The maximum atomic E-state index is 9.22. The van der Waals surface area contributed by atoms with Crippen molar-refractivity contribution in [1.29, 1.82) is 0 Å². The van der Waals surface area contributed by atoms with Crippen molar-refractivity contribution in [1.82, 2.24) is 0 Å². The van der Waals surface area contributed by atoms with E-state index in [2.05, 4.69) is 12.8 Å². The largest absolute Gasteiger partial charge is 0.378 e. The minimum absolute atomic E-state index is 0.708. The van der Waals surface area contributed by atoms with Gasteiger partial charge in [-0.3, -0.25) is 0 Å². The Morgan fingerprint density at radius 1 is 1.67 bits per heavy atom. The molecule has 1 N–H and O–H groups in total. The number of unbranched alkanes of at least 4 members (excludes halogenated alkanes) is 1. The van der Waals surface area contributed by atoms with Gasteiger partial charge in [-0.25, -0.2) is 0 Å². The average molecular weight is 126 g/mol. The molecule has 0 aromatic rings. The van der Waals surface area contributed by atoms with Gasteiger partial charge in [0.05, 0.1) is 0 Å². The number of rotatable bonds is 3. The molecule has 0 saturated carbocycles. The molecule has 0 aliphatic heterocycles. The van der Waals surface area contributed by atoms with Crippen LogP contribution in [0.4, 0.5) is 0 Å². The molecule has 0 aromatic carbocycles. The average Bonchev–Trinajstić information content (AvgIpc) is 1.84. The van der Waals surface area contributed by atoms with E-state index < -0.39 is 5.60 Å². The maximum absolute atomic E-state index is 9.22. The number of hydrogen-bond acceptors (Lipinski definition) is 1. The highest BCUT2D eigenvalue weighted by atomic mass is 16.3. The van der Waals surface area contributed by atoms with Crippen LogP contribution in [0.5, 0.6) is 0 Å². The van der Waals surface area contributed by atoms with E-state index in [1.807, 2.05) is 0 Å². The summed E-state index contributed by atoms with van der Waals surface area (Å²) in [6, 6.07) is 0. The molecule has 0 aliphatic rings. The van der Waals surface area contributed by atoms with Crippen molar-refractivity contribution < 1.29 is 5.11 Å². The summed E-state index contributed by atoms with van der Waals surface area (Å²) in [6.45, 7) is 3.75. The molecule has 1 nitrogen and oxygen atoms in total. The van der Waals surface area contributed by atoms with Crippen LogP contribution in [0.3, 0.4) is 0 Å². The lowest BCUT2D eigenvalue weighted by molar-refractivity contribution is 0.110. The van der Waals surface area contributed by atoms with Crippen molar-refractivity contribution in [3.8, 4) is 12.3 Å². The fraction of sp³-hybridized carbons (Fsp3) is 0.750. The molecule has 9 heavy (non-hydrogen) atoms. The molecule has 0 rings (SSSR count). The highest BCUT2D eigenvalue weighted by Gasteiger charge is 2.13. The Hall–Kier alpha value is -0.480. The topological polar surface area (TPSA) is 20.2 Å². The molecular weight excluding hydrogens is 112 g/mol. The highest BCUT2D eigenvalue weighted by Crippen LogP contribution is 2.10. The van der Waals surface area contributed by atoms with Crippen LogP contribution in [-0.4, -0.2) is 10.7 Å². The Labute approximate surface area is 57.1 Å². The van der Waals surface area contributed by atoms with Crippen LogP contribution in [0.2, 0.25) is 0 Å². The molecule has 0 heterocycles. The standard InChI is InChI=1S/C8H14O/c1-4-6-7-8(3,9)5-2/h2,9H,4,6-7H2,1,3H3/t8-/m1/s1. The van der Waals surface area contributed by atoms with Gasteiger partial charge >= 0.3 is 0 Å². The SMILES string of the molecule is C#C[C@@](C)(O)CCCC. The summed E-state index contributed by atoms with van der Waals surface area (Å²) in [5.74, 6) is 2.33. The first-order chi connectivity index (χ1) is 4.12. The molecule has 0 radical (unpaired) electrons. The second kappa shape index (κ2) is 3.53.